The van der Waals surface area contributed by atoms with E-state index in [1.165, 1.54) is 0 Å². The molecule has 0 aromatic rings. The summed E-state index contributed by atoms with van der Waals surface area (Å²) in [5.74, 6) is 0.735. The van der Waals surface area contributed by atoms with Gasteiger partial charge in [0.25, 0.3) is 0 Å². The molecule has 110 valence electrons. The SMILES string of the molecule is CC1CC(C)C(C(=O)NCCCCC(N)=O)CC1N. The summed E-state index contributed by atoms with van der Waals surface area (Å²) in [6.45, 7) is 4.89. The predicted molar refractivity (Wildman–Crippen MR) is 75.1 cm³/mol. The Labute approximate surface area is 115 Å². The van der Waals surface area contributed by atoms with Gasteiger partial charge in [-0.05, 0) is 37.5 Å². The van der Waals surface area contributed by atoms with E-state index in [2.05, 4.69) is 19.2 Å². The van der Waals surface area contributed by atoms with Gasteiger partial charge in [0, 0.05) is 24.9 Å². The van der Waals surface area contributed by atoms with Crippen LogP contribution in [0.2, 0.25) is 0 Å². The molecule has 4 atom stereocenters. The normalized spacial score (nSPS) is 30.9. The number of amides is 2. The van der Waals surface area contributed by atoms with Gasteiger partial charge in [-0.3, -0.25) is 9.59 Å². The average Bonchev–Trinajstić information content (AvgIpc) is 2.32. The molecule has 1 saturated carbocycles. The van der Waals surface area contributed by atoms with E-state index < -0.39 is 0 Å². The van der Waals surface area contributed by atoms with Crippen molar-refractivity contribution in [2.45, 2.75) is 52.0 Å². The summed E-state index contributed by atoms with van der Waals surface area (Å²) in [5.41, 5.74) is 11.1. The first-order chi connectivity index (χ1) is 8.91. The minimum atomic E-state index is -0.285. The predicted octanol–water partition coefficient (Wildman–Crippen LogP) is 0.768. The molecule has 19 heavy (non-hydrogen) atoms. The summed E-state index contributed by atoms with van der Waals surface area (Å²) in [5, 5.41) is 2.95. The van der Waals surface area contributed by atoms with Crippen LogP contribution < -0.4 is 16.8 Å². The summed E-state index contributed by atoms with van der Waals surface area (Å²) < 4.78 is 0. The van der Waals surface area contributed by atoms with Crippen LogP contribution in [0.5, 0.6) is 0 Å². The fourth-order valence-corrected chi connectivity index (χ4v) is 2.82. The maximum Gasteiger partial charge on any atom is 0.223 e. The van der Waals surface area contributed by atoms with Crippen LogP contribution in [-0.2, 0) is 9.59 Å². The first-order valence-electron chi connectivity index (χ1n) is 7.23. The van der Waals surface area contributed by atoms with Crippen molar-refractivity contribution in [3.05, 3.63) is 0 Å². The molecule has 0 saturated heterocycles. The number of nitrogens with one attached hydrogen (secondary N) is 1. The molecular weight excluding hydrogens is 242 g/mol. The lowest BCUT2D eigenvalue weighted by molar-refractivity contribution is -0.128. The van der Waals surface area contributed by atoms with Crippen LogP contribution in [0, 0.1) is 17.8 Å². The van der Waals surface area contributed by atoms with Gasteiger partial charge in [-0.15, -0.1) is 0 Å². The lowest BCUT2D eigenvalue weighted by Gasteiger charge is -2.36. The topological polar surface area (TPSA) is 98.2 Å². The number of rotatable bonds is 6. The molecule has 1 aliphatic carbocycles. The van der Waals surface area contributed by atoms with Gasteiger partial charge in [0.2, 0.25) is 11.8 Å². The van der Waals surface area contributed by atoms with Gasteiger partial charge in [-0.2, -0.15) is 0 Å². The van der Waals surface area contributed by atoms with Crippen LogP contribution >= 0.6 is 0 Å². The molecule has 0 heterocycles. The second-order valence-electron chi connectivity index (χ2n) is 5.91. The molecule has 4 unspecified atom stereocenters. The minimum Gasteiger partial charge on any atom is -0.370 e. The van der Waals surface area contributed by atoms with E-state index >= 15 is 0 Å². The van der Waals surface area contributed by atoms with Gasteiger partial charge >= 0.3 is 0 Å². The molecule has 5 nitrogen and oxygen atoms in total. The van der Waals surface area contributed by atoms with Gasteiger partial charge in [0.1, 0.15) is 0 Å². The van der Waals surface area contributed by atoms with Crippen molar-refractivity contribution in [1.82, 2.24) is 5.32 Å². The fraction of sp³-hybridized carbons (Fsp3) is 0.857. The minimum absolute atomic E-state index is 0.0299. The molecule has 0 aliphatic heterocycles. The Morgan fingerprint density at radius 2 is 1.84 bits per heavy atom. The van der Waals surface area contributed by atoms with Crippen molar-refractivity contribution in [3.63, 3.8) is 0 Å². The summed E-state index contributed by atoms with van der Waals surface area (Å²) in [4.78, 5) is 22.7. The van der Waals surface area contributed by atoms with Crippen LogP contribution in [0.4, 0.5) is 0 Å². The Morgan fingerprint density at radius 3 is 2.47 bits per heavy atom. The van der Waals surface area contributed by atoms with E-state index in [1.807, 2.05) is 0 Å². The lowest BCUT2D eigenvalue weighted by Crippen LogP contribution is -2.45. The van der Waals surface area contributed by atoms with Crippen LogP contribution in [0.3, 0.4) is 0 Å². The number of unbranched alkanes of at least 4 members (excludes halogenated alkanes) is 1. The number of carbonyl (C=O) groups excluding carboxylic acids is 2. The highest BCUT2D eigenvalue weighted by Crippen LogP contribution is 2.32. The first kappa shape index (κ1) is 16.0. The van der Waals surface area contributed by atoms with Crippen molar-refractivity contribution >= 4 is 11.8 Å². The standard InChI is InChI=1S/C14H27N3O2/c1-9-7-10(2)12(15)8-11(9)14(19)17-6-4-3-5-13(16)18/h9-12H,3-8,15H2,1-2H3,(H2,16,18)(H,17,19). The van der Waals surface area contributed by atoms with E-state index in [0.29, 0.717) is 24.8 Å². The highest BCUT2D eigenvalue weighted by molar-refractivity contribution is 5.79. The molecule has 0 radical (unpaired) electrons. The molecule has 0 bridgehead atoms. The van der Waals surface area contributed by atoms with Crippen LogP contribution in [0.25, 0.3) is 0 Å². The van der Waals surface area contributed by atoms with Crippen molar-refractivity contribution < 1.29 is 9.59 Å². The Kier molecular flexibility index (Phi) is 6.28. The van der Waals surface area contributed by atoms with Crippen LogP contribution in [0.15, 0.2) is 0 Å². The zero-order valence-electron chi connectivity index (χ0n) is 12.0. The molecule has 1 rings (SSSR count). The van der Waals surface area contributed by atoms with Gasteiger partial charge in [0.15, 0.2) is 0 Å². The number of carbonyl (C=O) groups is 2. The Bertz CT molecular complexity index is 320. The number of primary amides is 1. The van der Waals surface area contributed by atoms with E-state index in [9.17, 15) is 9.59 Å². The second kappa shape index (κ2) is 7.48. The van der Waals surface area contributed by atoms with E-state index in [1.54, 1.807) is 0 Å². The zero-order valence-corrected chi connectivity index (χ0v) is 12.0. The molecule has 0 spiro atoms. The summed E-state index contributed by atoms with van der Waals surface area (Å²) >= 11 is 0. The lowest BCUT2D eigenvalue weighted by atomic mass is 9.72. The quantitative estimate of drug-likeness (QED) is 0.621. The smallest absolute Gasteiger partial charge is 0.223 e. The van der Waals surface area contributed by atoms with E-state index in [0.717, 1.165) is 25.7 Å². The van der Waals surface area contributed by atoms with Crippen molar-refractivity contribution in [1.29, 1.82) is 0 Å². The summed E-state index contributed by atoms with van der Waals surface area (Å²) in [7, 11) is 0. The Balaban J connectivity index is 2.27. The third-order valence-corrected chi connectivity index (χ3v) is 4.17. The number of hydrogen-bond donors (Lipinski definition) is 3. The van der Waals surface area contributed by atoms with Gasteiger partial charge in [-0.25, -0.2) is 0 Å². The van der Waals surface area contributed by atoms with Crippen LogP contribution in [-0.4, -0.2) is 24.4 Å². The van der Waals surface area contributed by atoms with Gasteiger partial charge < -0.3 is 16.8 Å². The molecular formula is C14H27N3O2. The third-order valence-electron chi connectivity index (χ3n) is 4.17. The maximum atomic E-state index is 12.1. The highest BCUT2D eigenvalue weighted by atomic mass is 16.2. The molecule has 5 N–H and O–H groups in total. The van der Waals surface area contributed by atoms with Crippen molar-refractivity contribution in [3.8, 4) is 0 Å². The Morgan fingerprint density at radius 1 is 1.16 bits per heavy atom. The number of hydrogen-bond acceptors (Lipinski definition) is 3. The Hall–Kier alpha value is -1.10. The summed E-state index contributed by atoms with van der Waals surface area (Å²) in [6, 6.07) is 0.127. The van der Waals surface area contributed by atoms with Crippen molar-refractivity contribution in [2.75, 3.05) is 6.54 Å². The monoisotopic (exact) mass is 269 g/mol. The largest absolute Gasteiger partial charge is 0.370 e. The van der Waals surface area contributed by atoms with Gasteiger partial charge in [0.05, 0.1) is 0 Å². The van der Waals surface area contributed by atoms with Crippen LogP contribution in [0.1, 0.15) is 46.0 Å². The molecule has 5 heteroatoms. The zero-order chi connectivity index (χ0) is 14.4. The molecule has 0 aromatic heterocycles. The molecule has 0 aromatic carbocycles. The summed E-state index contributed by atoms with van der Waals surface area (Å²) in [6.07, 6.45) is 3.69. The average molecular weight is 269 g/mol. The third kappa shape index (κ3) is 5.19. The molecule has 1 fully saturated rings. The fourth-order valence-electron chi connectivity index (χ4n) is 2.82. The highest BCUT2D eigenvalue weighted by Gasteiger charge is 2.34. The van der Waals surface area contributed by atoms with E-state index in [4.69, 9.17) is 11.5 Å². The van der Waals surface area contributed by atoms with E-state index in [-0.39, 0.29) is 23.8 Å². The maximum absolute atomic E-state index is 12.1. The van der Waals surface area contributed by atoms with Crippen molar-refractivity contribution in [2.24, 2.45) is 29.2 Å². The first-order valence-corrected chi connectivity index (χ1v) is 7.23. The molecule has 2 amide bonds. The van der Waals surface area contributed by atoms with Gasteiger partial charge in [-0.1, -0.05) is 13.8 Å². The number of nitrogens with two attached hydrogens (primary N) is 2. The second-order valence-corrected chi connectivity index (χ2v) is 5.91. The molecule has 1 aliphatic rings.